The molecule has 1 N–H and O–H groups in total. The number of halogens is 1. The maximum absolute atomic E-state index is 13.3. The highest BCUT2D eigenvalue weighted by molar-refractivity contribution is 6.31. The van der Waals surface area contributed by atoms with Crippen LogP contribution in [0, 0.1) is 0 Å². The third kappa shape index (κ3) is 5.39. The average molecular weight is 542 g/mol. The molecule has 5 aromatic rings. The molecule has 3 aromatic heterocycles. The highest BCUT2D eigenvalue weighted by Gasteiger charge is 2.24. The summed E-state index contributed by atoms with van der Waals surface area (Å²) in [6.07, 6.45) is 4.07. The third-order valence-corrected chi connectivity index (χ3v) is 7.26. The van der Waals surface area contributed by atoms with E-state index in [9.17, 15) is 4.79 Å². The zero-order chi connectivity index (χ0) is 26.8. The van der Waals surface area contributed by atoms with Crippen molar-refractivity contribution in [3.8, 4) is 11.3 Å². The second-order valence-electron chi connectivity index (χ2n) is 9.55. The Morgan fingerprint density at radius 2 is 1.87 bits per heavy atom. The number of anilines is 1. The first-order valence-electron chi connectivity index (χ1n) is 12.9. The number of aromatic nitrogens is 3. The van der Waals surface area contributed by atoms with Crippen molar-refractivity contribution >= 4 is 34.2 Å². The summed E-state index contributed by atoms with van der Waals surface area (Å²) in [5.41, 5.74) is 4.63. The van der Waals surface area contributed by atoms with E-state index < -0.39 is 6.04 Å². The molecule has 1 aliphatic heterocycles. The van der Waals surface area contributed by atoms with E-state index in [2.05, 4.69) is 39.5 Å². The van der Waals surface area contributed by atoms with Gasteiger partial charge >= 0.3 is 0 Å². The topological polar surface area (TPSA) is 85.4 Å². The maximum atomic E-state index is 13.3. The molecule has 6 rings (SSSR count). The van der Waals surface area contributed by atoms with Crippen molar-refractivity contribution in [2.75, 3.05) is 31.2 Å². The number of morpholine rings is 1. The normalized spacial score (nSPS) is 14.5. The monoisotopic (exact) mass is 541 g/mol. The molecule has 0 aliphatic carbocycles. The summed E-state index contributed by atoms with van der Waals surface area (Å²) < 4.78 is 13.3. The second-order valence-corrected chi connectivity index (χ2v) is 9.99. The number of carbonyl (C=O) groups is 1. The van der Waals surface area contributed by atoms with Crippen molar-refractivity contribution in [2.24, 2.45) is 7.05 Å². The first kappa shape index (κ1) is 25.2. The number of hydrogen-bond donors (Lipinski definition) is 1. The average Bonchev–Trinajstić information content (AvgIpc) is 3.57. The van der Waals surface area contributed by atoms with Crippen LogP contribution >= 0.6 is 11.6 Å². The summed E-state index contributed by atoms with van der Waals surface area (Å²) >= 11 is 6.11. The number of carbonyl (C=O) groups excluding carboxylic acids is 1. The molecule has 0 bridgehead atoms. The van der Waals surface area contributed by atoms with Crippen molar-refractivity contribution < 1.29 is 13.9 Å². The maximum Gasteiger partial charge on any atom is 0.287 e. The molecule has 1 saturated heterocycles. The molecule has 198 valence electrons. The number of benzene rings is 2. The molecule has 39 heavy (non-hydrogen) atoms. The highest BCUT2D eigenvalue weighted by Crippen LogP contribution is 2.28. The molecule has 1 amide bonds. The van der Waals surface area contributed by atoms with E-state index in [0.29, 0.717) is 17.0 Å². The minimum absolute atomic E-state index is 0.214. The lowest BCUT2D eigenvalue weighted by molar-refractivity contribution is 0.0908. The van der Waals surface area contributed by atoms with Crippen LogP contribution in [0.4, 0.5) is 5.69 Å². The lowest BCUT2D eigenvalue weighted by Crippen LogP contribution is -2.36. The fourth-order valence-electron chi connectivity index (χ4n) is 4.97. The van der Waals surface area contributed by atoms with Crippen LogP contribution in [-0.4, -0.2) is 46.7 Å². The molecule has 2 aromatic carbocycles. The smallest absolute Gasteiger partial charge is 0.287 e. The quantitative estimate of drug-likeness (QED) is 0.296. The van der Waals surface area contributed by atoms with Gasteiger partial charge in [-0.3, -0.25) is 9.78 Å². The largest absolute Gasteiger partial charge is 0.451 e. The second kappa shape index (κ2) is 10.9. The van der Waals surface area contributed by atoms with Crippen LogP contribution in [0.2, 0.25) is 5.02 Å². The molecule has 0 radical (unpaired) electrons. The number of imidazole rings is 1. The molecule has 1 atom stereocenters. The Labute approximate surface area is 231 Å². The van der Waals surface area contributed by atoms with Crippen molar-refractivity contribution in [1.29, 1.82) is 0 Å². The van der Waals surface area contributed by atoms with Crippen LogP contribution in [0.25, 0.3) is 22.2 Å². The summed E-state index contributed by atoms with van der Waals surface area (Å²) in [5, 5.41) is 4.48. The molecule has 0 spiro atoms. The van der Waals surface area contributed by atoms with Gasteiger partial charge in [-0.2, -0.15) is 0 Å². The minimum Gasteiger partial charge on any atom is -0.451 e. The van der Waals surface area contributed by atoms with Gasteiger partial charge in [0.15, 0.2) is 5.76 Å². The van der Waals surface area contributed by atoms with E-state index in [1.807, 2.05) is 36.0 Å². The van der Waals surface area contributed by atoms with E-state index in [-0.39, 0.29) is 11.7 Å². The number of furan rings is 1. The molecule has 1 unspecified atom stereocenters. The van der Waals surface area contributed by atoms with Gasteiger partial charge in [-0.1, -0.05) is 29.8 Å². The van der Waals surface area contributed by atoms with Gasteiger partial charge in [-0.05, 0) is 54.1 Å². The molecule has 4 heterocycles. The molecular weight excluding hydrogens is 514 g/mol. The summed E-state index contributed by atoms with van der Waals surface area (Å²) in [4.78, 5) is 24.9. The molecule has 9 heteroatoms. The summed E-state index contributed by atoms with van der Waals surface area (Å²) in [6, 6.07) is 20.8. The number of pyridine rings is 1. The Bertz CT molecular complexity index is 1590. The van der Waals surface area contributed by atoms with Crippen LogP contribution in [-0.2, 0) is 18.2 Å². The fourth-order valence-corrected chi connectivity index (χ4v) is 5.15. The van der Waals surface area contributed by atoms with Gasteiger partial charge < -0.3 is 23.9 Å². The van der Waals surface area contributed by atoms with E-state index >= 15 is 0 Å². The Kier molecular flexibility index (Phi) is 7.04. The van der Waals surface area contributed by atoms with Gasteiger partial charge in [0.1, 0.15) is 11.4 Å². The van der Waals surface area contributed by atoms with Gasteiger partial charge in [0.25, 0.3) is 5.91 Å². The van der Waals surface area contributed by atoms with Crippen molar-refractivity contribution in [3.63, 3.8) is 0 Å². The predicted molar refractivity (Wildman–Crippen MR) is 151 cm³/mol. The van der Waals surface area contributed by atoms with E-state index in [1.54, 1.807) is 30.5 Å². The summed E-state index contributed by atoms with van der Waals surface area (Å²) in [7, 11) is 1.97. The number of ether oxygens (including phenoxy) is 1. The van der Waals surface area contributed by atoms with E-state index in [4.69, 9.17) is 25.7 Å². The molecule has 8 nitrogen and oxygen atoms in total. The van der Waals surface area contributed by atoms with Crippen molar-refractivity contribution in [1.82, 2.24) is 19.9 Å². The van der Waals surface area contributed by atoms with Crippen LogP contribution < -0.4 is 10.2 Å². The zero-order valence-electron chi connectivity index (χ0n) is 21.5. The number of nitrogens with zero attached hydrogens (tertiary/aromatic N) is 4. The van der Waals surface area contributed by atoms with Gasteiger partial charge in [-0.25, -0.2) is 4.98 Å². The molecule has 1 fully saturated rings. The SMILES string of the molecule is Cn1c(-c2ccc(N3CCOCC3)cc2)cnc1C(Cc1ccccn1)NC(=O)c1cc2cc(Cl)ccc2o1. The lowest BCUT2D eigenvalue weighted by Gasteiger charge is -2.28. The summed E-state index contributed by atoms with van der Waals surface area (Å²) in [6.45, 7) is 3.28. The van der Waals surface area contributed by atoms with E-state index in [1.165, 1.54) is 5.69 Å². The standard InChI is InChI=1S/C30H28ClN5O3/c1-35-26(20-5-8-24(9-6-20)36-12-14-38-15-13-36)19-33-29(35)25(18-23-4-2-3-11-32-23)34-30(37)28-17-21-16-22(31)7-10-27(21)39-28/h2-11,16-17,19,25H,12-15,18H2,1H3,(H,34,37). The molecule has 0 saturated carbocycles. The van der Waals surface area contributed by atoms with Gasteiger partial charge in [-0.15, -0.1) is 0 Å². The fraction of sp³-hybridized carbons (Fsp3) is 0.233. The van der Waals surface area contributed by atoms with Gasteiger partial charge in [0.05, 0.1) is 31.1 Å². The first-order valence-corrected chi connectivity index (χ1v) is 13.3. The number of hydrogen-bond acceptors (Lipinski definition) is 6. The highest BCUT2D eigenvalue weighted by atomic mass is 35.5. The lowest BCUT2D eigenvalue weighted by atomic mass is 10.1. The number of nitrogens with one attached hydrogen (secondary N) is 1. The Hall–Kier alpha value is -4.14. The van der Waals surface area contributed by atoms with E-state index in [0.717, 1.165) is 54.5 Å². The van der Waals surface area contributed by atoms with Crippen molar-refractivity contribution in [2.45, 2.75) is 12.5 Å². The summed E-state index contributed by atoms with van der Waals surface area (Å²) in [5.74, 6) is 0.606. The predicted octanol–water partition coefficient (Wildman–Crippen LogP) is 5.43. The van der Waals surface area contributed by atoms with Gasteiger partial charge in [0, 0.05) is 54.5 Å². The number of fused-ring (bicyclic) bond motifs is 1. The Morgan fingerprint density at radius 3 is 2.64 bits per heavy atom. The Morgan fingerprint density at radius 1 is 1.05 bits per heavy atom. The number of rotatable bonds is 7. The molecule has 1 aliphatic rings. The Balaban J connectivity index is 1.28. The van der Waals surface area contributed by atoms with Crippen LogP contribution in [0.5, 0.6) is 0 Å². The van der Waals surface area contributed by atoms with Crippen LogP contribution in [0.15, 0.2) is 83.5 Å². The third-order valence-electron chi connectivity index (χ3n) is 7.02. The van der Waals surface area contributed by atoms with Gasteiger partial charge in [0.2, 0.25) is 0 Å². The number of amides is 1. The van der Waals surface area contributed by atoms with Crippen molar-refractivity contribution in [3.05, 3.63) is 101 Å². The minimum atomic E-state index is -0.435. The zero-order valence-corrected chi connectivity index (χ0v) is 22.3. The van der Waals surface area contributed by atoms with Crippen LogP contribution in [0.1, 0.15) is 28.1 Å². The van der Waals surface area contributed by atoms with Crippen LogP contribution in [0.3, 0.4) is 0 Å². The first-order chi connectivity index (χ1) is 19.0. The molecular formula is C30H28ClN5O3.